The Labute approximate surface area is 218 Å². The molecule has 35 heavy (non-hydrogen) atoms. The van der Waals surface area contributed by atoms with E-state index in [2.05, 4.69) is 27.7 Å². The summed E-state index contributed by atoms with van der Waals surface area (Å²) < 4.78 is 0. The maximum atomic E-state index is 12.0. The summed E-state index contributed by atoms with van der Waals surface area (Å²) >= 11 is 0. The molecule has 0 spiro atoms. The zero-order valence-corrected chi connectivity index (χ0v) is 23.9. The molecule has 0 radical (unpaired) electrons. The second kappa shape index (κ2) is 20.8. The van der Waals surface area contributed by atoms with Crippen molar-refractivity contribution in [2.75, 3.05) is 0 Å². The number of carbonyl (C=O) groups is 1. The Morgan fingerprint density at radius 1 is 0.686 bits per heavy atom. The highest BCUT2D eigenvalue weighted by Crippen LogP contribution is 2.27. The Hall–Kier alpha value is -1.31. The van der Waals surface area contributed by atoms with Crippen molar-refractivity contribution in [1.82, 2.24) is 0 Å². The molecule has 0 aliphatic heterocycles. The van der Waals surface area contributed by atoms with E-state index in [0.29, 0.717) is 11.5 Å². The third kappa shape index (κ3) is 14.7. The molecule has 0 aromatic heterocycles. The quantitative estimate of drug-likeness (QED) is 0.156. The monoisotopic (exact) mass is 486 g/mol. The number of benzene rings is 1. The average molecular weight is 487 g/mol. The largest absolute Gasteiger partial charge is 0.478 e. The fourth-order valence-corrected chi connectivity index (χ4v) is 5.45. The van der Waals surface area contributed by atoms with Crippen molar-refractivity contribution in [1.29, 1.82) is 0 Å². The van der Waals surface area contributed by atoms with Gasteiger partial charge in [0.2, 0.25) is 0 Å². The van der Waals surface area contributed by atoms with Crippen molar-refractivity contribution < 1.29 is 9.90 Å². The van der Waals surface area contributed by atoms with Gasteiger partial charge in [0.1, 0.15) is 0 Å². The highest BCUT2D eigenvalue weighted by molar-refractivity contribution is 5.90. The highest BCUT2D eigenvalue weighted by Gasteiger charge is 2.17. The molecule has 0 aliphatic rings. The van der Waals surface area contributed by atoms with E-state index in [1.165, 1.54) is 127 Å². The van der Waals surface area contributed by atoms with Crippen LogP contribution in [-0.2, 0) is 12.8 Å². The molecule has 0 amide bonds. The van der Waals surface area contributed by atoms with Gasteiger partial charge in [-0.3, -0.25) is 0 Å². The van der Waals surface area contributed by atoms with Crippen molar-refractivity contribution in [2.45, 2.75) is 163 Å². The lowest BCUT2D eigenvalue weighted by Gasteiger charge is -2.19. The van der Waals surface area contributed by atoms with Crippen LogP contribution in [0.25, 0.3) is 0 Å². The Bertz CT molecular complexity index is 663. The van der Waals surface area contributed by atoms with E-state index >= 15 is 0 Å². The van der Waals surface area contributed by atoms with Gasteiger partial charge < -0.3 is 5.11 Å². The van der Waals surface area contributed by atoms with Crippen LogP contribution in [0.15, 0.2) is 12.1 Å². The normalized spacial score (nSPS) is 12.2. The fourth-order valence-electron chi connectivity index (χ4n) is 5.45. The summed E-state index contributed by atoms with van der Waals surface area (Å²) in [7, 11) is 0. The minimum Gasteiger partial charge on any atom is -0.478 e. The van der Waals surface area contributed by atoms with E-state index in [4.69, 9.17) is 0 Å². The van der Waals surface area contributed by atoms with E-state index < -0.39 is 5.97 Å². The van der Waals surface area contributed by atoms with Crippen LogP contribution in [0.1, 0.15) is 170 Å². The second-order valence-electron chi connectivity index (χ2n) is 11.2. The van der Waals surface area contributed by atoms with E-state index in [-0.39, 0.29) is 0 Å². The van der Waals surface area contributed by atoms with E-state index in [9.17, 15) is 9.90 Å². The molecule has 1 atom stereocenters. The van der Waals surface area contributed by atoms with Gasteiger partial charge in [0.15, 0.2) is 0 Å². The summed E-state index contributed by atoms with van der Waals surface area (Å²) in [4.78, 5) is 12.0. The van der Waals surface area contributed by atoms with Crippen LogP contribution in [0.4, 0.5) is 0 Å². The maximum absolute atomic E-state index is 12.0. The molecule has 202 valence electrons. The molecule has 1 unspecified atom stereocenters. The van der Waals surface area contributed by atoms with Gasteiger partial charge in [-0.2, -0.15) is 0 Å². The molecule has 1 rings (SSSR count). The zero-order chi connectivity index (χ0) is 25.7. The zero-order valence-electron chi connectivity index (χ0n) is 23.9. The number of aryl methyl sites for hydroxylation is 1. The predicted octanol–water partition coefficient (Wildman–Crippen LogP) is 10.9. The molecule has 0 fully saturated rings. The van der Waals surface area contributed by atoms with Crippen LogP contribution in [0.2, 0.25) is 0 Å². The minimum absolute atomic E-state index is 0.541. The van der Waals surface area contributed by atoms with Crippen LogP contribution < -0.4 is 0 Å². The molecule has 0 bridgehead atoms. The Morgan fingerprint density at radius 2 is 1.14 bits per heavy atom. The third-order valence-electron chi connectivity index (χ3n) is 7.78. The first-order valence-electron chi connectivity index (χ1n) is 15.4. The lowest BCUT2D eigenvalue weighted by molar-refractivity contribution is 0.0695. The van der Waals surface area contributed by atoms with Gasteiger partial charge in [-0.05, 0) is 54.9 Å². The Balaban J connectivity index is 2.45. The minimum atomic E-state index is -0.761. The standard InChI is InChI=1S/C33H58O2/c1-5-7-9-11-13-15-16-17-19-21-23-28(3)27-32-29(4)25-26-31(33(34)35)30(32)24-22-20-18-14-12-10-8-6-2/h25-26,28H,5-24,27H2,1-4H3,(H,34,35). The Kier molecular flexibility index (Phi) is 18.9. The molecule has 1 aromatic carbocycles. The number of hydrogen-bond donors (Lipinski definition) is 1. The molecule has 0 heterocycles. The number of hydrogen-bond acceptors (Lipinski definition) is 1. The number of unbranched alkanes of at least 4 members (excludes halogenated alkanes) is 16. The molecule has 0 aliphatic carbocycles. The van der Waals surface area contributed by atoms with Crippen LogP contribution in [0, 0.1) is 12.8 Å². The van der Waals surface area contributed by atoms with Gasteiger partial charge in [-0.25, -0.2) is 4.79 Å². The van der Waals surface area contributed by atoms with E-state index in [1.54, 1.807) is 0 Å². The summed E-state index contributed by atoms with van der Waals surface area (Å²) in [6.07, 6.45) is 27.3. The first-order valence-corrected chi connectivity index (χ1v) is 15.4. The van der Waals surface area contributed by atoms with Gasteiger partial charge in [0, 0.05) is 0 Å². The number of carboxylic acids is 1. The molecule has 1 aromatic rings. The van der Waals surface area contributed by atoms with Crippen molar-refractivity contribution >= 4 is 5.97 Å². The fraction of sp³-hybridized carbons (Fsp3) is 0.788. The maximum Gasteiger partial charge on any atom is 0.335 e. The van der Waals surface area contributed by atoms with Crippen LogP contribution >= 0.6 is 0 Å². The van der Waals surface area contributed by atoms with Gasteiger partial charge in [0.25, 0.3) is 0 Å². The lowest BCUT2D eigenvalue weighted by Crippen LogP contribution is -2.11. The molecule has 2 nitrogen and oxygen atoms in total. The predicted molar refractivity (Wildman–Crippen MR) is 154 cm³/mol. The lowest BCUT2D eigenvalue weighted by atomic mass is 9.86. The summed E-state index contributed by atoms with van der Waals surface area (Å²) in [5.74, 6) is -0.146. The number of aromatic carboxylic acids is 1. The van der Waals surface area contributed by atoms with Crippen molar-refractivity contribution in [2.24, 2.45) is 5.92 Å². The first kappa shape index (κ1) is 31.7. The number of rotatable bonds is 23. The molecule has 1 N–H and O–H groups in total. The highest BCUT2D eigenvalue weighted by atomic mass is 16.4. The molecule has 2 heteroatoms. The average Bonchev–Trinajstić information content (AvgIpc) is 2.83. The summed E-state index contributed by atoms with van der Waals surface area (Å²) in [5.41, 5.74) is 4.27. The molecular weight excluding hydrogens is 428 g/mol. The van der Waals surface area contributed by atoms with Crippen LogP contribution in [0.5, 0.6) is 0 Å². The molecule has 0 saturated carbocycles. The summed E-state index contributed by atoms with van der Waals surface area (Å²) in [6.45, 7) is 9.08. The molecule has 0 saturated heterocycles. The van der Waals surface area contributed by atoms with E-state index in [0.717, 1.165) is 24.8 Å². The second-order valence-corrected chi connectivity index (χ2v) is 11.2. The van der Waals surface area contributed by atoms with Gasteiger partial charge in [-0.15, -0.1) is 0 Å². The number of carboxylic acid groups (broad SMARTS) is 1. The van der Waals surface area contributed by atoms with E-state index in [1.807, 2.05) is 12.1 Å². The van der Waals surface area contributed by atoms with Crippen LogP contribution in [-0.4, -0.2) is 11.1 Å². The van der Waals surface area contributed by atoms with Crippen molar-refractivity contribution in [3.05, 3.63) is 34.4 Å². The van der Waals surface area contributed by atoms with Crippen molar-refractivity contribution in [3.63, 3.8) is 0 Å². The summed E-state index contributed by atoms with van der Waals surface area (Å²) in [5, 5.41) is 9.84. The summed E-state index contributed by atoms with van der Waals surface area (Å²) in [6, 6.07) is 3.87. The van der Waals surface area contributed by atoms with Crippen LogP contribution in [0.3, 0.4) is 0 Å². The van der Waals surface area contributed by atoms with Crippen molar-refractivity contribution in [3.8, 4) is 0 Å². The van der Waals surface area contributed by atoms with Gasteiger partial charge in [0.05, 0.1) is 5.56 Å². The molecular formula is C33H58O2. The topological polar surface area (TPSA) is 37.3 Å². The SMILES string of the molecule is CCCCCCCCCCCCC(C)Cc1c(C)ccc(C(=O)O)c1CCCCCCCCCC. The third-order valence-corrected chi connectivity index (χ3v) is 7.78. The smallest absolute Gasteiger partial charge is 0.335 e. The first-order chi connectivity index (χ1) is 17.0. The van der Waals surface area contributed by atoms with Gasteiger partial charge in [-0.1, -0.05) is 142 Å². The Morgan fingerprint density at radius 3 is 1.63 bits per heavy atom. The van der Waals surface area contributed by atoms with Gasteiger partial charge >= 0.3 is 5.97 Å².